The number of carboxylic acids is 1. The molecule has 3 aromatic carbocycles. The number of amides is 2. The summed E-state index contributed by atoms with van der Waals surface area (Å²) in [6, 6.07) is 22.2. The molecule has 0 spiro atoms. The first-order chi connectivity index (χ1) is 17.8. The van der Waals surface area contributed by atoms with Crippen LogP contribution in [-0.2, 0) is 35.5 Å². The van der Waals surface area contributed by atoms with Gasteiger partial charge >= 0.3 is 0 Å². The minimum atomic E-state index is -1.27. The number of benzene rings is 3. The van der Waals surface area contributed by atoms with Crippen LogP contribution in [0.15, 0.2) is 72.8 Å². The number of rotatable bonds is 9. The first kappa shape index (κ1) is 25.6. The average molecular weight is 498 g/mol. The van der Waals surface area contributed by atoms with E-state index < -0.39 is 11.9 Å². The molecule has 0 bridgehead atoms. The summed E-state index contributed by atoms with van der Waals surface area (Å²) in [6.07, 6.45) is 0.526. The molecule has 1 aliphatic rings. The second kappa shape index (κ2) is 11.5. The van der Waals surface area contributed by atoms with Crippen molar-refractivity contribution in [1.82, 2.24) is 10.2 Å². The molecule has 0 saturated carbocycles. The van der Waals surface area contributed by atoms with Gasteiger partial charge in [0, 0.05) is 42.6 Å². The molecule has 4 rings (SSSR count). The maximum absolute atomic E-state index is 13.2. The Bertz CT molecular complexity index is 1310. The van der Waals surface area contributed by atoms with Crippen molar-refractivity contribution in [1.29, 1.82) is 5.41 Å². The summed E-state index contributed by atoms with van der Waals surface area (Å²) in [4.78, 5) is 39.2. The molecule has 1 aliphatic heterocycles. The summed E-state index contributed by atoms with van der Waals surface area (Å²) in [5.74, 6) is -2.52. The second-order valence-corrected chi connectivity index (χ2v) is 9.25. The van der Waals surface area contributed by atoms with Gasteiger partial charge in [-0.1, -0.05) is 60.7 Å². The molecule has 0 saturated heterocycles. The van der Waals surface area contributed by atoms with Crippen LogP contribution in [0.3, 0.4) is 0 Å². The minimum Gasteiger partial charge on any atom is -0.550 e. The largest absolute Gasteiger partial charge is 0.550 e. The molecular weight excluding hydrogens is 468 g/mol. The Kier molecular flexibility index (Phi) is 7.98. The number of hydrogen-bond acceptors (Lipinski definition) is 5. The van der Waals surface area contributed by atoms with E-state index in [1.807, 2.05) is 36.4 Å². The molecule has 37 heavy (non-hydrogen) atoms. The van der Waals surface area contributed by atoms with E-state index in [2.05, 4.69) is 5.32 Å². The van der Waals surface area contributed by atoms with Crippen molar-refractivity contribution in [2.24, 2.45) is 11.7 Å². The van der Waals surface area contributed by atoms with E-state index in [4.69, 9.17) is 11.1 Å². The number of nitrogens with zero attached hydrogens (tertiary/aromatic N) is 1. The number of nitrogens with two attached hydrogens (primary N) is 1. The molecule has 0 aliphatic carbocycles. The van der Waals surface area contributed by atoms with Crippen LogP contribution in [0.25, 0.3) is 0 Å². The Morgan fingerprint density at radius 2 is 1.68 bits per heavy atom. The molecule has 190 valence electrons. The highest BCUT2D eigenvalue weighted by Gasteiger charge is 2.30. The van der Waals surface area contributed by atoms with Crippen molar-refractivity contribution in [2.75, 3.05) is 6.54 Å². The Balaban J connectivity index is 1.49. The standard InChI is InChI=1S/C29H30N4O4/c30-27(31)21-8-6-20(7-9-21)17-32-28(36)22-10-11-23-18-33(13-12-19-4-2-1-3-5-19)29(37)25(16-26(34)35)15-24(23)14-22/h1-11,14,25H,12-13,15-18H2,(H3,30,31)(H,32,36)(H,34,35)/p-1. The van der Waals surface area contributed by atoms with Crippen LogP contribution in [0.5, 0.6) is 0 Å². The number of hydrogen-bond donors (Lipinski definition) is 3. The lowest BCUT2D eigenvalue weighted by Crippen LogP contribution is -2.38. The highest BCUT2D eigenvalue weighted by atomic mass is 16.4. The Morgan fingerprint density at radius 3 is 2.35 bits per heavy atom. The third kappa shape index (κ3) is 6.61. The third-order valence-corrected chi connectivity index (χ3v) is 6.60. The van der Waals surface area contributed by atoms with Crippen LogP contribution in [0, 0.1) is 11.3 Å². The van der Waals surface area contributed by atoms with Crippen molar-refractivity contribution in [3.8, 4) is 0 Å². The molecule has 8 nitrogen and oxygen atoms in total. The number of carboxylic acid groups (broad SMARTS) is 1. The van der Waals surface area contributed by atoms with Crippen molar-refractivity contribution in [2.45, 2.75) is 32.4 Å². The summed E-state index contributed by atoms with van der Waals surface area (Å²) in [7, 11) is 0. The minimum absolute atomic E-state index is 0.0188. The van der Waals surface area contributed by atoms with Gasteiger partial charge in [-0.05, 0) is 53.6 Å². The monoisotopic (exact) mass is 497 g/mol. The summed E-state index contributed by atoms with van der Waals surface area (Å²) >= 11 is 0. The SMILES string of the molecule is N=C(N)c1ccc(CNC(=O)c2ccc3c(c2)CC(CC(=O)[O-])C(=O)N(CCc2ccccc2)C3)cc1. The van der Waals surface area contributed by atoms with Crippen LogP contribution in [0.1, 0.15) is 44.6 Å². The molecule has 1 unspecified atom stereocenters. The van der Waals surface area contributed by atoms with E-state index >= 15 is 0 Å². The molecule has 2 amide bonds. The topological polar surface area (TPSA) is 139 Å². The van der Waals surface area contributed by atoms with E-state index in [0.717, 1.165) is 22.3 Å². The molecule has 8 heteroatoms. The van der Waals surface area contributed by atoms with E-state index in [-0.39, 0.29) is 30.5 Å². The zero-order valence-corrected chi connectivity index (χ0v) is 20.4. The van der Waals surface area contributed by atoms with Gasteiger partial charge in [0.1, 0.15) is 5.84 Å². The Hall–Kier alpha value is -4.46. The van der Waals surface area contributed by atoms with Gasteiger partial charge in [-0.25, -0.2) is 0 Å². The average Bonchev–Trinajstić information content (AvgIpc) is 3.02. The number of amidine groups is 1. The third-order valence-electron chi connectivity index (χ3n) is 6.60. The molecule has 1 atom stereocenters. The summed E-state index contributed by atoms with van der Waals surface area (Å²) in [5, 5.41) is 21.8. The molecule has 3 aromatic rings. The number of aliphatic carboxylic acids is 1. The molecule has 0 aromatic heterocycles. The fourth-order valence-electron chi connectivity index (χ4n) is 4.55. The number of nitrogens with one attached hydrogen (secondary N) is 2. The van der Waals surface area contributed by atoms with Crippen LogP contribution in [0.4, 0.5) is 0 Å². The highest BCUT2D eigenvalue weighted by molar-refractivity contribution is 5.95. The number of fused-ring (bicyclic) bond motifs is 1. The highest BCUT2D eigenvalue weighted by Crippen LogP contribution is 2.26. The zero-order chi connectivity index (χ0) is 26.4. The van der Waals surface area contributed by atoms with E-state index in [0.29, 0.717) is 37.2 Å². The van der Waals surface area contributed by atoms with E-state index in [1.165, 1.54) is 0 Å². The summed E-state index contributed by atoms with van der Waals surface area (Å²) in [5.41, 5.74) is 10.2. The molecule has 4 N–H and O–H groups in total. The Morgan fingerprint density at radius 1 is 0.973 bits per heavy atom. The van der Waals surface area contributed by atoms with Crippen molar-refractivity contribution < 1.29 is 19.5 Å². The summed E-state index contributed by atoms with van der Waals surface area (Å²) in [6.45, 7) is 1.12. The van der Waals surface area contributed by atoms with Crippen LogP contribution >= 0.6 is 0 Å². The molecule has 0 fully saturated rings. The fraction of sp³-hybridized carbons (Fsp3) is 0.241. The van der Waals surface area contributed by atoms with Gasteiger partial charge in [0.05, 0.1) is 0 Å². The lowest BCUT2D eigenvalue weighted by Gasteiger charge is -2.25. The second-order valence-electron chi connectivity index (χ2n) is 9.25. The van der Waals surface area contributed by atoms with Gasteiger partial charge < -0.3 is 25.9 Å². The Labute approximate surface area is 215 Å². The number of nitrogen functional groups attached to an aromatic ring is 1. The quantitative estimate of drug-likeness (QED) is 0.305. The van der Waals surface area contributed by atoms with Crippen LogP contribution in [0.2, 0.25) is 0 Å². The lowest BCUT2D eigenvalue weighted by molar-refractivity contribution is -0.306. The van der Waals surface area contributed by atoms with Crippen LogP contribution < -0.4 is 16.2 Å². The van der Waals surface area contributed by atoms with Gasteiger partial charge in [-0.2, -0.15) is 0 Å². The first-order valence-corrected chi connectivity index (χ1v) is 12.2. The summed E-state index contributed by atoms with van der Waals surface area (Å²) < 4.78 is 0. The van der Waals surface area contributed by atoms with Gasteiger partial charge in [0.2, 0.25) is 5.91 Å². The van der Waals surface area contributed by atoms with Crippen molar-refractivity contribution in [3.63, 3.8) is 0 Å². The van der Waals surface area contributed by atoms with Gasteiger partial charge in [-0.3, -0.25) is 15.0 Å². The lowest BCUT2D eigenvalue weighted by atomic mass is 9.93. The fourth-order valence-corrected chi connectivity index (χ4v) is 4.55. The molecule has 1 heterocycles. The van der Waals surface area contributed by atoms with E-state index in [9.17, 15) is 19.5 Å². The predicted molar refractivity (Wildman–Crippen MR) is 137 cm³/mol. The van der Waals surface area contributed by atoms with Crippen molar-refractivity contribution >= 4 is 23.6 Å². The molecule has 0 radical (unpaired) electrons. The predicted octanol–water partition coefficient (Wildman–Crippen LogP) is 1.78. The molecular formula is C29H29N4O4-. The maximum Gasteiger partial charge on any atom is 0.251 e. The zero-order valence-electron chi connectivity index (χ0n) is 20.4. The van der Waals surface area contributed by atoms with E-state index in [1.54, 1.807) is 41.3 Å². The number of carbonyl (C=O) groups is 3. The van der Waals surface area contributed by atoms with Gasteiger partial charge in [0.15, 0.2) is 0 Å². The maximum atomic E-state index is 13.2. The smallest absolute Gasteiger partial charge is 0.251 e. The van der Waals surface area contributed by atoms with Crippen LogP contribution in [-0.4, -0.2) is 35.1 Å². The van der Waals surface area contributed by atoms with Gasteiger partial charge in [0.25, 0.3) is 5.91 Å². The number of carbonyl (C=O) groups excluding carboxylic acids is 3. The normalized spacial score (nSPS) is 15.0. The first-order valence-electron chi connectivity index (χ1n) is 12.2. The van der Waals surface area contributed by atoms with Crippen molar-refractivity contribution in [3.05, 3.63) is 106 Å². The van der Waals surface area contributed by atoms with Gasteiger partial charge in [-0.15, -0.1) is 0 Å².